The summed E-state index contributed by atoms with van der Waals surface area (Å²) in [7, 11) is 0. The van der Waals surface area contributed by atoms with Gasteiger partial charge in [-0.15, -0.1) is 11.8 Å². The maximum absolute atomic E-state index is 9.68. The van der Waals surface area contributed by atoms with Crippen molar-refractivity contribution in [2.75, 3.05) is 5.75 Å². The van der Waals surface area contributed by atoms with Crippen LogP contribution in [-0.4, -0.2) is 22.2 Å². The second-order valence-corrected chi connectivity index (χ2v) is 4.45. The third-order valence-corrected chi connectivity index (χ3v) is 3.63. The maximum Gasteiger partial charge on any atom is 0.0767 e. The fourth-order valence-electron chi connectivity index (χ4n) is 1.41. The van der Waals surface area contributed by atoms with Gasteiger partial charge in [-0.2, -0.15) is 11.8 Å². The lowest BCUT2D eigenvalue weighted by Crippen LogP contribution is -2.25. The normalized spacial score (nSPS) is 25.7. The highest BCUT2D eigenvalue weighted by Gasteiger charge is 2.20. The quantitative estimate of drug-likeness (QED) is 0.663. The summed E-state index contributed by atoms with van der Waals surface area (Å²) in [4.78, 5) is 0. The van der Waals surface area contributed by atoms with Crippen LogP contribution in [0.4, 0.5) is 0 Å². The zero-order valence-corrected chi connectivity index (χ0v) is 8.36. The van der Waals surface area contributed by atoms with Crippen molar-refractivity contribution in [2.24, 2.45) is 0 Å². The highest BCUT2D eigenvalue weighted by molar-refractivity contribution is 8.00. The third kappa shape index (κ3) is 3.08. The van der Waals surface area contributed by atoms with Crippen LogP contribution in [0.5, 0.6) is 0 Å². The standard InChI is InChI=1S/C10H16OS/c1-2-3-6-9(11)10-7-4-5-8-12-10/h9-11H,4-8H2,1H3. The van der Waals surface area contributed by atoms with Gasteiger partial charge in [0.25, 0.3) is 0 Å². The van der Waals surface area contributed by atoms with E-state index >= 15 is 0 Å². The second kappa shape index (κ2) is 5.50. The molecule has 0 amide bonds. The topological polar surface area (TPSA) is 20.2 Å². The van der Waals surface area contributed by atoms with E-state index in [-0.39, 0.29) is 6.10 Å². The highest BCUT2D eigenvalue weighted by atomic mass is 32.2. The van der Waals surface area contributed by atoms with Crippen LogP contribution in [0.3, 0.4) is 0 Å². The summed E-state index contributed by atoms with van der Waals surface area (Å²) < 4.78 is 0. The first-order chi connectivity index (χ1) is 5.84. The Morgan fingerprint density at radius 3 is 3.00 bits per heavy atom. The van der Waals surface area contributed by atoms with E-state index in [1.165, 1.54) is 18.6 Å². The van der Waals surface area contributed by atoms with Gasteiger partial charge in [-0.3, -0.25) is 0 Å². The van der Waals surface area contributed by atoms with Crippen LogP contribution in [0, 0.1) is 11.8 Å². The Kier molecular flexibility index (Phi) is 4.57. The minimum absolute atomic E-state index is 0.206. The summed E-state index contributed by atoms with van der Waals surface area (Å²) in [5.41, 5.74) is 0. The molecule has 68 valence electrons. The van der Waals surface area contributed by atoms with E-state index in [9.17, 15) is 5.11 Å². The SMILES string of the molecule is CC#CCC(O)C1CCCCS1. The van der Waals surface area contributed by atoms with Gasteiger partial charge >= 0.3 is 0 Å². The lowest BCUT2D eigenvalue weighted by atomic mass is 10.1. The Morgan fingerprint density at radius 1 is 1.58 bits per heavy atom. The minimum atomic E-state index is -0.206. The van der Waals surface area contributed by atoms with Crippen molar-refractivity contribution < 1.29 is 5.11 Å². The number of rotatable bonds is 2. The Bertz CT molecular complexity index is 174. The monoisotopic (exact) mass is 184 g/mol. The molecule has 2 heteroatoms. The Balaban J connectivity index is 2.27. The van der Waals surface area contributed by atoms with Gasteiger partial charge in [0.05, 0.1) is 6.10 Å². The summed E-state index contributed by atoms with van der Waals surface area (Å²) in [6.07, 6.45) is 4.19. The van der Waals surface area contributed by atoms with Gasteiger partial charge in [0, 0.05) is 11.7 Å². The van der Waals surface area contributed by atoms with E-state index in [1.54, 1.807) is 0 Å². The molecule has 2 unspecified atom stereocenters. The number of hydrogen-bond donors (Lipinski definition) is 1. The minimum Gasteiger partial charge on any atom is -0.391 e. The van der Waals surface area contributed by atoms with E-state index in [0.29, 0.717) is 11.7 Å². The van der Waals surface area contributed by atoms with Gasteiger partial charge in [-0.1, -0.05) is 6.42 Å². The molecule has 0 aromatic heterocycles. The van der Waals surface area contributed by atoms with Crippen molar-refractivity contribution in [3.63, 3.8) is 0 Å². The molecule has 1 aliphatic rings. The van der Waals surface area contributed by atoms with Crippen LogP contribution in [0.25, 0.3) is 0 Å². The zero-order chi connectivity index (χ0) is 8.81. The average molecular weight is 184 g/mol. The van der Waals surface area contributed by atoms with Gasteiger partial charge in [0.15, 0.2) is 0 Å². The summed E-state index contributed by atoms with van der Waals surface area (Å²) in [6.45, 7) is 1.82. The van der Waals surface area contributed by atoms with E-state index in [4.69, 9.17) is 0 Å². The van der Waals surface area contributed by atoms with Crippen molar-refractivity contribution in [3.05, 3.63) is 0 Å². The molecule has 0 aliphatic carbocycles. The van der Waals surface area contributed by atoms with E-state index < -0.39 is 0 Å². The molecule has 1 rings (SSSR count). The van der Waals surface area contributed by atoms with Crippen molar-refractivity contribution in [2.45, 2.75) is 44.0 Å². The van der Waals surface area contributed by atoms with Gasteiger partial charge in [-0.25, -0.2) is 0 Å². The molecule has 1 saturated heterocycles. The number of aliphatic hydroxyl groups excluding tert-OH is 1. The predicted molar refractivity (Wildman–Crippen MR) is 54.2 cm³/mol. The number of aliphatic hydroxyl groups is 1. The van der Waals surface area contributed by atoms with Crippen LogP contribution < -0.4 is 0 Å². The lowest BCUT2D eigenvalue weighted by Gasteiger charge is -2.24. The van der Waals surface area contributed by atoms with Gasteiger partial charge in [0.1, 0.15) is 0 Å². The Labute approximate surface area is 78.9 Å². The largest absolute Gasteiger partial charge is 0.391 e. The third-order valence-electron chi connectivity index (χ3n) is 2.13. The van der Waals surface area contributed by atoms with Crippen LogP contribution in [0.2, 0.25) is 0 Å². The maximum atomic E-state index is 9.68. The molecule has 0 saturated carbocycles. The average Bonchev–Trinajstić information content (AvgIpc) is 2.15. The van der Waals surface area contributed by atoms with E-state index in [1.807, 2.05) is 18.7 Å². The van der Waals surface area contributed by atoms with E-state index in [0.717, 1.165) is 6.42 Å². The molecule has 0 bridgehead atoms. The highest BCUT2D eigenvalue weighted by Crippen LogP contribution is 2.28. The molecule has 0 aromatic carbocycles. The number of thioether (sulfide) groups is 1. The first-order valence-corrected chi connectivity index (χ1v) is 5.58. The first kappa shape index (κ1) is 9.95. The van der Waals surface area contributed by atoms with E-state index in [2.05, 4.69) is 11.8 Å². The van der Waals surface area contributed by atoms with Crippen LogP contribution >= 0.6 is 11.8 Å². The molecule has 1 fully saturated rings. The van der Waals surface area contributed by atoms with Crippen LogP contribution in [-0.2, 0) is 0 Å². The molecule has 1 nitrogen and oxygen atoms in total. The summed E-state index contributed by atoms with van der Waals surface area (Å²) in [5.74, 6) is 6.96. The van der Waals surface area contributed by atoms with Crippen LogP contribution in [0.15, 0.2) is 0 Å². The first-order valence-electron chi connectivity index (χ1n) is 4.54. The fourth-order valence-corrected chi connectivity index (χ4v) is 2.73. The van der Waals surface area contributed by atoms with Crippen molar-refractivity contribution >= 4 is 11.8 Å². The summed E-state index contributed by atoms with van der Waals surface area (Å²) in [6, 6.07) is 0. The zero-order valence-electron chi connectivity index (χ0n) is 7.55. The molecule has 1 N–H and O–H groups in total. The van der Waals surface area contributed by atoms with Crippen molar-refractivity contribution in [1.82, 2.24) is 0 Å². The molecule has 1 heterocycles. The van der Waals surface area contributed by atoms with Crippen molar-refractivity contribution in [1.29, 1.82) is 0 Å². The van der Waals surface area contributed by atoms with Crippen LogP contribution in [0.1, 0.15) is 32.6 Å². The van der Waals surface area contributed by atoms with Gasteiger partial charge in [-0.05, 0) is 25.5 Å². The second-order valence-electron chi connectivity index (χ2n) is 3.10. The number of hydrogen-bond acceptors (Lipinski definition) is 2. The molecule has 12 heavy (non-hydrogen) atoms. The fraction of sp³-hybridized carbons (Fsp3) is 0.800. The molecule has 0 radical (unpaired) electrons. The predicted octanol–water partition coefficient (Wildman–Crippen LogP) is 2.05. The molecule has 0 spiro atoms. The summed E-state index contributed by atoms with van der Waals surface area (Å²) >= 11 is 1.90. The molecular formula is C10H16OS. The summed E-state index contributed by atoms with van der Waals surface area (Å²) in [5, 5.41) is 10.1. The van der Waals surface area contributed by atoms with Crippen molar-refractivity contribution in [3.8, 4) is 11.8 Å². The Morgan fingerprint density at radius 2 is 2.42 bits per heavy atom. The molecule has 0 aromatic rings. The molecular weight excluding hydrogens is 168 g/mol. The molecule has 2 atom stereocenters. The van der Waals surface area contributed by atoms with Gasteiger partial charge in [0.2, 0.25) is 0 Å². The molecule has 1 aliphatic heterocycles. The Hall–Kier alpha value is -0.130. The smallest absolute Gasteiger partial charge is 0.0767 e. The lowest BCUT2D eigenvalue weighted by molar-refractivity contribution is 0.171. The van der Waals surface area contributed by atoms with Gasteiger partial charge < -0.3 is 5.11 Å².